The lowest BCUT2D eigenvalue weighted by atomic mass is 10.0. The fraction of sp³-hybridized carbons (Fsp3) is 0.600. The van der Waals surface area contributed by atoms with Crippen molar-refractivity contribution in [3.8, 4) is 0 Å². The number of amides is 2. The smallest absolute Gasteiger partial charge is 0.287 e. The summed E-state index contributed by atoms with van der Waals surface area (Å²) in [4.78, 5) is 26.4. The summed E-state index contributed by atoms with van der Waals surface area (Å²) in [6.07, 6.45) is 4.19. The van der Waals surface area contributed by atoms with E-state index in [1.54, 1.807) is 12.1 Å². The standard InChI is InChI=1S/C15H22N2O3/c1-11(2)10-12(15(19)17-7-3-4-8-17)16-14(18)13-6-5-9-20-13/h5-6,9,11-12H,3-4,7-8,10H2,1-2H3,(H,16,18)/t12-/m1/s1. The molecule has 0 aliphatic carbocycles. The number of furan rings is 1. The van der Waals surface area contributed by atoms with E-state index in [4.69, 9.17) is 4.42 Å². The first-order valence-electron chi connectivity index (χ1n) is 7.21. The molecule has 5 heteroatoms. The van der Waals surface area contributed by atoms with E-state index in [-0.39, 0.29) is 17.6 Å². The molecule has 0 spiro atoms. The Kier molecular flexibility index (Phi) is 4.82. The van der Waals surface area contributed by atoms with Crippen LogP contribution in [0.2, 0.25) is 0 Å². The van der Waals surface area contributed by atoms with Crippen molar-refractivity contribution in [2.75, 3.05) is 13.1 Å². The van der Waals surface area contributed by atoms with Crippen molar-refractivity contribution in [1.82, 2.24) is 10.2 Å². The molecule has 0 saturated carbocycles. The Morgan fingerprint density at radius 1 is 1.35 bits per heavy atom. The van der Waals surface area contributed by atoms with E-state index in [1.807, 2.05) is 18.7 Å². The van der Waals surface area contributed by atoms with Crippen LogP contribution in [0.25, 0.3) is 0 Å². The number of hydrogen-bond acceptors (Lipinski definition) is 3. The maximum atomic E-state index is 12.5. The van der Waals surface area contributed by atoms with Gasteiger partial charge in [-0.2, -0.15) is 0 Å². The molecule has 1 fully saturated rings. The highest BCUT2D eigenvalue weighted by atomic mass is 16.3. The van der Waals surface area contributed by atoms with Gasteiger partial charge in [0.25, 0.3) is 5.91 Å². The van der Waals surface area contributed by atoms with Crippen LogP contribution in [0.15, 0.2) is 22.8 Å². The van der Waals surface area contributed by atoms with Gasteiger partial charge in [-0.25, -0.2) is 0 Å². The molecule has 1 aliphatic rings. The molecule has 5 nitrogen and oxygen atoms in total. The van der Waals surface area contributed by atoms with Gasteiger partial charge in [0.15, 0.2) is 5.76 Å². The van der Waals surface area contributed by atoms with Crippen molar-refractivity contribution >= 4 is 11.8 Å². The van der Waals surface area contributed by atoms with E-state index in [9.17, 15) is 9.59 Å². The molecule has 1 atom stereocenters. The summed E-state index contributed by atoms with van der Waals surface area (Å²) in [5.74, 6) is 0.278. The Hall–Kier alpha value is -1.78. The fourth-order valence-corrected chi connectivity index (χ4v) is 2.49. The van der Waals surface area contributed by atoms with Crippen molar-refractivity contribution in [3.63, 3.8) is 0 Å². The summed E-state index contributed by atoms with van der Waals surface area (Å²) >= 11 is 0. The third kappa shape index (κ3) is 3.62. The third-order valence-corrected chi connectivity index (χ3v) is 3.47. The maximum Gasteiger partial charge on any atom is 0.287 e. The van der Waals surface area contributed by atoms with Gasteiger partial charge in [0, 0.05) is 13.1 Å². The number of nitrogens with one attached hydrogen (secondary N) is 1. The SMILES string of the molecule is CC(C)C[C@@H](NC(=O)c1ccco1)C(=O)N1CCCC1. The molecule has 1 saturated heterocycles. The number of hydrogen-bond donors (Lipinski definition) is 1. The van der Waals surface area contributed by atoms with Gasteiger partial charge < -0.3 is 14.6 Å². The Bertz CT molecular complexity index is 448. The second-order valence-electron chi connectivity index (χ2n) is 5.67. The van der Waals surface area contributed by atoms with Crippen LogP contribution in [0, 0.1) is 5.92 Å². The molecule has 2 rings (SSSR count). The molecule has 110 valence electrons. The third-order valence-electron chi connectivity index (χ3n) is 3.47. The first-order valence-corrected chi connectivity index (χ1v) is 7.21. The van der Waals surface area contributed by atoms with E-state index in [2.05, 4.69) is 5.32 Å². The van der Waals surface area contributed by atoms with Crippen LogP contribution in [0.3, 0.4) is 0 Å². The molecule has 1 aromatic heterocycles. The minimum Gasteiger partial charge on any atom is -0.459 e. The molecular weight excluding hydrogens is 256 g/mol. The highest BCUT2D eigenvalue weighted by Crippen LogP contribution is 2.14. The lowest BCUT2D eigenvalue weighted by molar-refractivity contribution is -0.132. The number of likely N-dealkylation sites (tertiary alicyclic amines) is 1. The summed E-state index contributed by atoms with van der Waals surface area (Å²) < 4.78 is 5.07. The second kappa shape index (κ2) is 6.59. The van der Waals surface area contributed by atoms with Gasteiger partial charge in [-0.1, -0.05) is 13.8 Å². The molecule has 2 heterocycles. The number of rotatable bonds is 5. The predicted molar refractivity (Wildman–Crippen MR) is 75.2 cm³/mol. The highest BCUT2D eigenvalue weighted by Gasteiger charge is 2.29. The van der Waals surface area contributed by atoms with Crippen LogP contribution in [0.4, 0.5) is 0 Å². The van der Waals surface area contributed by atoms with Crippen molar-refractivity contribution in [2.45, 2.75) is 39.2 Å². The first kappa shape index (κ1) is 14.6. The van der Waals surface area contributed by atoms with Crippen molar-refractivity contribution in [1.29, 1.82) is 0 Å². The zero-order valence-electron chi connectivity index (χ0n) is 12.1. The maximum absolute atomic E-state index is 12.5. The van der Waals surface area contributed by atoms with Gasteiger partial charge >= 0.3 is 0 Å². The molecule has 0 bridgehead atoms. The summed E-state index contributed by atoms with van der Waals surface area (Å²) in [5.41, 5.74) is 0. The number of carbonyl (C=O) groups is 2. The summed E-state index contributed by atoms with van der Waals surface area (Å²) in [5, 5.41) is 2.80. The molecule has 1 aliphatic heterocycles. The van der Waals surface area contributed by atoms with Gasteiger partial charge in [0.1, 0.15) is 6.04 Å². The van der Waals surface area contributed by atoms with Crippen molar-refractivity contribution in [2.24, 2.45) is 5.92 Å². The van der Waals surface area contributed by atoms with E-state index in [1.165, 1.54) is 6.26 Å². The van der Waals surface area contributed by atoms with E-state index in [0.717, 1.165) is 25.9 Å². The van der Waals surface area contributed by atoms with E-state index < -0.39 is 6.04 Å². The highest BCUT2D eigenvalue weighted by molar-refractivity contribution is 5.95. The van der Waals surface area contributed by atoms with E-state index >= 15 is 0 Å². The Labute approximate surface area is 119 Å². The molecule has 1 N–H and O–H groups in total. The summed E-state index contributed by atoms with van der Waals surface area (Å²) in [6.45, 7) is 5.68. The molecule has 0 radical (unpaired) electrons. The predicted octanol–water partition coefficient (Wildman–Crippen LogP) is 2.05. The quantitative estimate of drug-likeness (QED) is 0.896. The monoisotopic (exact) mass is 278 g/mol. The zero-order chi connectivity index (χ0) is 14.5. The average Bonchev–Trinajstić information content (AvgIpc) is 3.09. The lowest BCUT2D eigenvalue weighted by Crippen LogP contribution is -2.48. The molecule has 20 heavy (non-hydrogen) atoms. The minimum atomic E-state index is -0.467. The molecule has 0 aromatic carbocycles. The number of nitrogens with zero attached hydrogens (tertiary/aromatic N) is 1. The van der Waals surface area contributed by atoms with Crippen LogP contribution in [0.1, 0.15) is 43.7 Å². The van der Waals surface area contributed by atoms with E-state index in [0.29, 0.717) is 12.3 Å². The Morgan fingerprint density at radius 2 is 2.05 bits per heavy atom. The van der Waals surface area contributed by atoms with Crippen molar-refractivity contribution < 1.29 is 14.0 Å². The number of carbonyl (C=O) groups excluding carboxylic acids is 2. The fourth-order valence-electron chi connectivity index (χ4n) is 2.49. The molecule has 2 amide bonds. The van der Waals surface area contributed by atoms with Gasteiger partial charge in [-0.05, 0) is 37.3 Å². The van der Waals surface area contributed by atoms with Gasteiger partial charge in [-0.3, -0.25) is 9.59 Å². The Morgan fingerprint density at radius 3 is 2.60 bits per heavy atom. The Balaban J connectivity index is 2.02. The van der Waals surface area contributed by atoms with Crippen LogP contribution in [0.5, 0.6) is 0 Å². The first-order chi connectivity index (χ1) is 9.58. The van der Waals surface area contributed by atoms with Gasteiger partial charge in [0.05, 0.1) is 6.26 Å². The van der Waals surface area contributed by atoms with Crippen molar-refractivity contribution in [3.05, 3.63) is 24.2 Å². The van der Waals surface area contributed by atoms with Gasteiger partial charge in [-0.15, -0.1) is 0 Å². The molecular formula is C15H22N2O3. The van der Waals surface area contributed by atoms with Crippen LogP contribution in [-0.2, 0) is 4.79 Å². The van der Waals surface area contributed by atoms with Gasteiger partial charge in [0.2, 0.25) is 5.91 Å². The topological polar surface area (TPSA) is 62.6 Å². The normalized spacial score (nSPS) is 16.4. The van der Waals surface area contributed by atoms with Crippen LogP contribution < -0.4 is 5.32 Å². The molecule has 1 aromatic rings. The second-order valence-corrected chi connectivity index (χ2v) is 5.67. The zero-order valence-corrected chi connectivity index (χ0v) is 12.1. The molecule has 0 unspecified atom stereocenters. The summed E-state index contributed by atoms with van der Waals surface area (Å²) in [7, 11) is 0. The average molecular weight is 278 g/mol. The lowest BCUT2D eigenvalue weighted by Gasteiger charge is -2.25. The van der Waals surface area contributed by atoms with Crippen LogP contribution >= 0.6 is 0 Å². The minimum absolute atomic E-state index is 0.0242. The van der Waals surface area contributed by atoms with Crippen LogP contribution in [-0.4, -0.2) is 35.8 Å². The summed E-state index contributed by atoms with van der Waals surface area (Å²) in [6, 6.07) is 2.79. The largest absolute Gasteiger partial charge is 0.459 e.